The molecule has 0 amide bonds. The molecule has 0 aromatic carbocycles. The lowest BCUT2D eigenvalue weighted by Crippen LogP contribution is -2.47. The van der Waals surface area contributed by atoms with Gasteiger partial charge in [-0.05, 0) is 12.8 Å². The van der Waals surface area contributed by atoms with E-state index in [1.165, 1.54) is 0 Å². The van der Waals surface area contributed by atoms with Gasteiger partial charge in [-0.1, -0.05) is 0 Å². The Labute approximate surface area is 61.3 Å². The van der Waals surface area contributed by atoms with Crippen LogP contribution in [-0.2, 0) is 4.74 Å². The zero-order valence-electron chi connectivity index (χ0n) is 5.75. The maximum Gasteiger partial charge on any atom is 0.424 e. The van der Waals surface area contributed by atoms with Gasteiger partial charge in [0.05, 0.1) is 6.61 Å². The molecule has 1 aliphatic rings. The fourth-order valence-corrected chi connectivity index (χ4v) is 0.984. The van der Waals surface area contributed by atoms with Gasteiger partial charge in [0.2, 0.25) is 5.67 Å². The van der Waals surface area contributed by atoms with Gasteiger partial charge < -0.3 is 4.74 Å². The molecule has 1 rings (SSSR count). The van der Waals surface area contributed by atoms with E-state index >= 15 is 0 Å². The van der Waals surface area contributed by atoms with Crippen LogP contribution in [0.1, 0.15) is 12.8 Å². The van der Waals surface area contributed by atoms with Crippen LogP contribution < -0.4 is 0 Å². The Morgan fingerprint density at radius 1 is 1.27 bits per heavy atom. The van der Waals surface area contributed by atoms with Crippen molar-refractivity contribution in [2.24, 2.45) is 0 Å². The van der Waals surface area contributed by atoms with Crippen molar-refractivity contribution in [3.63, 3.8) is 0 Å². The molecule has 0 spiro atoms. The molecule has 0 radical (unpaired) electrons. The summed E-state index contributed by atoms with van der Waals surface area (Å²) in [6.07, 6.45) is -5.13. The molecule has 1 saturated heterocycles. The molecule has 0 bridgehead atoms. The van der Waals surface area contributed by atoms with E-state index in [4.69, 9.17) is 0 Å². The molecule has 1 aliphatic heterocycles. The maximum absolute atomic E-state index is 12.8. The minimum Gasteiger partial charge on any atom is -0.378 e. The molecular formula is C6H8F4O. The van der Waals surface area contributed by atoms with Crippen LogP contribution in [0.2, 0.25) is 0 Å². The minimum absolute atomic E-state index is 0.135. The van der Waals surface area contributed by atoms with Crippen molar-refractivity contribution in [1.29, 1.82) is 0 Å². The largest absolute Gasteiger partial charge is 0.424 e. The zero-order chi connectivity index (χ0) is 8.54. The van der Waals surface area contributed by atoms with Crippen LogP contribution in [0.25, 0.3) is 0 Å². The molecule has 1 unspecified atom stereocenters. The number of alkyl halides is 4. The molecule has 1 atom stereocenters. The highest BCUT2D eigenvalue weighted by atomic mass is 19.4. The molecule has 66 valence electrons. The van der Waals surface area contributed by atoms with Crippen molar-refractivity contribution >= 4 is 0 Å². The molecule has 0 aromatic rings. The Morgan fingerprint density at radius 3 is 2.18 bits per heavy atom. The highest BCUT2D eigenvalue weighted by Gasteiger charge is 2.56. The number of rotatable bonds is 0. The van der Waals surface area contributed by atoms with E-state index in [0.29, 0.717) is 0 Å². The second kappa shape index (κ2) is 2.62. The lowest BCUT2D eigenvalue weighted by molar-refractivity contribution is -0.257. The lowest BCUT2D eigenvalue weighted by Gasteiger charge is -2.30. The van der Waals surface area contributed by atoms with Gasteiger partial charge in [0.15, 0.2) is 0 Å². The summed E-state index contributed by atoms with van der Waals surface area (Å²) in [6, 6.07) is 0. The van der Waals surface area contributed by atoms with Gasteiger partial charge in [-0.3, -0.25) is 0 Å². The van der Waals surface area contributed by atoms with Crippen LogP contribution in [0.5, 0.6) is 0 Å². The van der Waals surface area contributed by atoms with Crippen LogP contribution in [0.4, 0.5) is 17.6 Å². The molecular weight excluding hydrogens is 164 g/mol. The Hall–Kier alpha value is -0.320. The number of hydrogen-bond donors (Lipinski definition) is 0. The predicted octanol–water partition coefficient (Wildman–Crippen LogP) is 2.07. The molecule has 1 nitrogen and oxygen atoms in total. The first-order chi connectivity index (χ1) is 4.96. The van der Waals surface area contributed by atoms with Gasteiger partial charge in [0.25, 0.3) is 0 Å². The summed E-state index contributed by atoms with van der Waals surface area (Å²) in [7, 11) is 0. The summed E-state index contributed by atoms with van der Waals surface area (Å²) in [5.74, 6) is 0. The summed E-state index contributed by atoms with van der Waals surface area (Å²) >= 11 is 0. The normalized spacial score (nSPS) is 33.8. The number of hydrogen-bond acceptors (Lipinski definition) is 1. The third-order valence-electron chi connectivity index (χ3n) is 1.70. The molecule has 0 aromatic heterocycles. The third kappa shape index (κ3) is 1.64. The lowest BCUT2D eigenvalue weighted by atomic mass is 9.98. The number of ether oxygens (including phenoxy) is 1. The van der Waals surface area contributed by atoms with E-state index in [2.05, 4.69) is 4.74 Å². The van der Waals surface area contributed by atoms with Gasteiger partial charge >= 0.3 is 6.18 Å². The summed E-state index contributed by atoms with van der Waals surface area (Å²) in [6.45, 7) is -0.627. The van der Waals surface area contributed by atoms with Crippen molar-refractivity contribution in [2.75, 3.05) is 13.2 Å². The molecule has 0 saturated carbocycles. The van der Waals surface area contributed by atoms with Crippen LogP contribution in [0.3, 0.4) is 0 Å². The van der Waals surface area contributed by atoms with E-state index in [1.54, 1.807) is 0 Å². The summed E-state index contributed by atoms with van der Waals surface area (Å²) < 4.78 is 52.9. The Balaban J connectivity index is 2.64. The molecule has 11 heavy (non-hydrogen) atoms. The van der Waals surface area contributed by atoms with Gasteiger partial charge in [-0.15, -0.1) is 0 Å². The average Bonchev–Trinajstić information content (AvgIpc) is 1.87. The summed E-state index contributed by atoms with van der Waals surface area (Å²) in [5.41, 5.74) is -3.11. The highest BCUT2D eigenvalue weighted by Crippen LogP contribution is 2.39. The second-order valence-electron chi connectivity index (χ2n) is 2.62. The first kappa shape index (κ1) is 8.77. The molecule has 1 fully saturated rings. The monoisotopic (exact) mass is 172 g/mol. The number of halogens is 4. The van der Waals surface area contributed by atoms with Crippen molar-refractivity contribution in [2.45, 2.75) is 24.7 Å². The Bertz CT molecular complexity index is 136. The van der Waals surface area contributed by atoms with Crippen molar-refractivity contribution in [3.05, 3.63) is 0 Å². The minimum atomic E-state index is -4.78. The predicted molar refractivity (Wildman–Crippen MR) is 29.9 cm³/mol. The highest BCUT2D eigenvalue weighted by molar-refractivity contribution is 4.88. The maximum atomic E-state index is 12.8. The van der Waals surface area contributed by atoms with E-state index in [-0.39, 0.29) is 13.0 Å². The van der Waals surface area contributed by atoms with Crippen LogP contribution in [0, 0.1) is 0 Å². The van der Waals surface area contributed by atoms with Crippen LogP contribution >= 0.6 is 0 Å². The van der Waals surface area contributed by atoms with Crippen molar-refractivity contribution in [1.82, 2.24) is 0 Å². The first-order valence-electron chi connectivity index (χ1n) is 3.29. The molecule has 5 heteroatoms. The summed E-state index contributed by atoms with van der Waals surface area (Å²) in [5, 5.41) is 0. The van der Waals surface area contributed by atoms with Crippen LogP contribution in [0.15, 0.2) is 0 Å². The van der Waals surface area contributed by atoms with Gasteiger partial charge in [0, 0.05) is 6.61 Å². The van der Waals surface area contributed by atoms with Crippen molar-refractivity contribution in [3.8, 4) is 0 Å². The topological polar surface area (TPSA) is 9.23 Å². The van der Waals surface area contributed by atoms with E-state index in [0.717, 1.165) is 0 Å². The quantitative estimate of drug-likeness (QED) is 0.508. The van der Waals surface area contributed by atoms with Crippen LogP contribution in [-0.4, -0.2) is 25.1 Å². The average molecular weight is 172 g/mol. The smallest absolute Gasteiger partial charge is 0.378 e. The van der Waals surface area contributed by atoms with E-state index < -0.39 is 24.9 Å². The second-order valence-corrected chi connectivity index (χ2v) is 2.62. The fourth-order valence-electron chi connectivity index (χ4n) is 0.984. The van der Waals surface area contributed by atoms with E-state index in [1.807, 2.05) is 0 Å². The Morgan fingerprint density at radius 2 is 1.91 bits per heavy atom. The molecule has 0 aliphatic carbocycles. The van der Waals surface area contributed by atoms with Gasteiger partial charge in [-0.2, -0.15) is 13.2 Å². The molecule has 0 N–H and O–H groups in total. The standard InChI is InChI=1S/C6H8F4O/c7-5(6(8,9)10)2-1-3-11-4-5/h1-4H2. The SMILES string of the molecule is FC(F)(F)C1(F)CCCOC1. The third-order valence-corrected chi connectivity index (χ3v) is 1.70. The fraction of sp³-hybridized carbons (Fsp3) is 1.00. The van der Waals surface area contributed by atoms with Crippen molar-refractivity contribution < 1.29 is 22.3 Å². The zero-order valence-corrected chi connectivity index (χ0v) is 5.75. The summed E-state index contributed by atoms with van der Waals surface area (Å²) in [4.78, 5) is 0. The molecule has 1 heterocycles. The first-order valence-corrected chi connectivity index (χ1v) is 3.29. The van der Waals surface area contributed by atoms with Gasteiger partial charge in [0.1, 0.15) is 0 Å². The Kier molecular flexibility index (Phi) is 2.09. The van der Waals surface area contributed by atoms with Gasteiger partial charge in [-0.25, -0.2) is 4.39 Å². The van der Waals surface area contributed by atoms with E-state index in [9.17, 15) is 17.6 Å².